The molecule has 1 heterocycles. The molecule has 3 aromatic carbocycles. The fourth-order valence-corrected chi connectivity index (χ4v) is 3.00. The van der Waals surface area contributed by atoms with E-state index in [1.165, 1.54) is 6.21 Å². The van der Waals surface area contributed by atoms with Crippen molar-refractivity contribution in [1.82, 2.24) is 5.43 Å². The van der Waals surface area contributed by atoms with E-state index in [9.17, 15) is 10.1 Å². The Kier molecular flexibility index (Phi) is 4.68. The van der Waals surface area contributed by atoms with Gasteiger partial charge in [-0.05, 0) is 41.1 Å². The average molecular weight is 365 g/mol. The van der Waals surface area contributed by atoms with Crippen molar-refractivity contribution in [2.45, 2.75) is 0 Å². The van der Waals surface area contributed by atoms with Crippen molar-refractivity contribution in [3.63, 3.8) is 0 Å². The van der Waals surface area contributed by atoms with E-state index in [1.54, 1.807) is 30.3 Å². The number of nitrogens with zero attached hydrogens (tertiary/aromatic N) is 2. The van der Waals surface area contributed by atoms with Crippen LogP contribution >= 0.6 is 0 Å². The second-order valence-corrected chi connectivity index (χ2v) is 6.09. The van der Waals surface area contributed by atoms with Gasteiger partial charge in [0.1, 0.15) is 11.5 Å². The molecule has 4 aromatic rings. The van der Waals surface area contributed by atoms with Crippen LogP contribution in [-0.2, 0) is 0 Å². The van der Waals surface area contributed by atoms with Gasteiger partial charge in [-0.2, -0.15) is 10.4 Å². The maximum Gasteiger partial charge on any atom is 0.271 e. The number of furan rings is 1. The third kappa shape index (κ3) is 3.39. The fourth-order valence-electron chi connectivity index (χ4n) is 3.00. The van der Waals surface area contributed by atoms with Crippen LogP contribution < -0.4 is 5.43 Å². The van der Waals surface area contributed by atoms with E-state index in [4.69, 9.17) is 4.42 Å². The molecule has 5 heteroatoms. The smallest absolute Gasteiger partial charge is 0.271 e. The van der Waals surface area contributed by atoms with Crippen LogP contribution in [-0.4, -0.2) is 12.1 Å². The molecule has 0 saturated heterocycles. The van der Waals surface area contributed by atoms with Gasteiger partial charge in [0.15, 0.2) is 0 Å². The van der Waals surface area contributed by atoms with Crippen LogP contribution in [0.2, 0.25) is 0 Å². The lowest BCUT2D eigenvalue weighted by Gasteiger charge is -2.04. The lowest BCUT2D eigenvalue weighted by Crippen LogP contribution is -2.17. The van der Waals surface area contributed by atoms with Crippen LogP contribution in [0, 0.1) is 11.3 Å². The summed E-state index contributed by atoms with van der Waals surface area (Å²) in [5.41, 5.74) is 4.33. The molecule has 0 atom stereocenters. The van der Waals surface area contributed by atoms with Crippen LogP contribution in [0.3, 0.4) is 0 Å². The molecule has 0 aliphatic rings. The molecule has 1 amide bonds. The summed E-state index contributed by atoms with van der Waals surface area (Å²) in [6.45, 7) is 0. The quantitative estimate of drug-likeness (QED) is 0.419. The van der Waals surface area contributed by atoms with Crippen molar-refractivity contribution < 1.29 is 9.21 Å². The van der Waals surface area contributed by atoms with Crippen LogP contribution in [0.5, 0.6) is 0 Å². The highest BCUT2D eigenvalue weighted by atomic mass is 16.3. The minimum Gasteiger partial charge on any atom is -0.455 e. The van der Waals surface area contributed by atoms with Gasteiger partial charge in [-0.1, -0.05) is 48.5 Å². The van der Waals surface area contributed by atoms with Gasteiger partial charge in [-0.3, -0.25) is 4.79 Å². The molecule has 0 bridgehead atoms. The lowest BCUT2D eigenvalue weighted by atomic mass is 10.0. The van der Waals surface area contributed by atoms with E-state index in [2.05, 4.69) is 16.6 Å². The molecule has 28 heavy (non-hydrogen) atoms. The molecule has 0 radical (unpaired) electrons. The zero-order chi connectivity index (χ0) is 19.3. The van der Waals surface area contributed by atoms with Gasteiger partial charge in [-0.25, -0.2) is 5.43 Å². The van der Waals surface area contributed by atoms with E-state index in [0.717, 1.165) is 10.8 Å². The molecule has 1 aromatic heterocycles. The Bertz CT molecular complexity index is 1230. The number of carbonyl (C=O) groups excluding carboxylic acids is 1. The second kappa shape index (κ2) is 7.60. The van der Waals surface area contributed by atoms with E-state index in [1.807, 2.05) is 48.5 Å². The summed E-state index contributed by atoms with van der Waals surface area (Å²) in [4.78, 5) is 12.5. The predicted octanol–water partition coefficient (Wildman–Crippen LogP) is 4.74. The van der Waals surface area contributed by atoms with Gasteiger partial charge in [0.2, 0.25) is 0 Å². The number of hydrogen-bond donors (Lipinski definition) is 1. The van der Waals surface area contributed by atoms with E-state index < -0.39 is 0 Å². The van der Waals surface area contributed by atoms with Crippen LogP contribution in [0.25, 0.3) is 22.1 Å². The largest absolute Gasteiger partial charge is 0.455 e. The normalized spacial score (nSPS) is 10.8. The molecule has 0 fully saturated rings. The summed E-state index contributed by atoms with van der Waals surface area (Å²) < 4.78 is 5.72. The van der Waals surface area contributed by atoms with Crippen LogP contribution in [0.15, 0.2) is 88.4 Å². The van der Waals surface area contributed by atoms with Gasteiger partial charge < -0.3 is 4.42 Å². The summed E-state index contributed by atoms with van der Waals surface area (Å²) in [5, 5.41) is 15.1. The maximum atomic E-state index is 12.5. The summed E-state index contributed by atoms with van der Waals surface area (Å²) in [5.74, 6) is 0.745. The number of carbonyl (C=O) groups is 1. The standard InChI is InChI=1S/C23H15N3O2/c24-14-17-7-2-4-10-20(17)22-13-12-18(28-22)15-25-26-23(27)21-11-5-8-16-6-1-3-9-19(16)21/h1-13,15H,(H,26,27). The molecule has 134 valence electrons. The highest BCUT2D eigenvalue weighted by molar-refractivity contribution is 6.07. The minimum absolute atomic E-state index is 0.297. The Labute approximate surface area is 161 Å². The molecular weight excluding hydrogens is 350 g/mol. The number of rotatable bonds is 4. The van der Waals surface area contributed by atoms with Crippen LogP contribution in [0.4, 0.5) is 0 Å². The molecular formula is C23H15N3O2. The maximum absolute atomic E-state index is 12.5. The van der Waals surface area contributed by atoms with Gasteiger partial charge in [-0.15, -0.1) is 0 Å². The molecule has 1 N–H and O–H groups in total. The van der Waals surface area contributed by atoms with Crippen molar-refractivity contribution in [3.8, 4) is 17.4 Å². The fraction of sp³-hybridized carbons (Fsp3) is 0. The third-order valence-electron chi connectivity index (χ3n) is 4.33. The van der Waals surface area contributed by atoms with Gasteiger partial charge in [0, 0.05) is 11.1 Å². The monoisotopic (exact) mass is 365 g/mol. The van der Waals surface area contributed by atoms with Gasteiger partial charge in [0.05, 0.1) is 17.8 Å². The Morgan fingerprint density at radius 1 is 0.964 bits per heavy atom. The van der Waals surface area contributed by atoms with E-state index >= 15 is 0 Å². The minimum atomic E-state index is -0.297. The second-order valence-electron chi connectivity index (χ2n) is 6.09. The number of nitrogens with one attached hydrogen (secondary N) is 1. The SMILES string of the molecule is N#Cc1ccccc1-c1ccc(C=NNC(=O)c2cccc3ccccc23)o1. The zero-order valence-electron chi connectivity index (χ0n) is 14.8. The Balaban J connectivity index is 1.51. The highest BCUT2D eigenvalue weighted by Crippen LogP contribution is 2.25. The van der Waals surface area contributed by atoms with Crippen molar-refractivity contribution in [3.05, 3.63) is 95.7 Å². The highest BCUT2D eigenvalue weighted by Gasteiger charge is 2.10. The average Bonchev–Trinajstić information content (AvgIpc) is 3.22. The Morgan fingerprint density at radius 3 is 2.64 bits per heavy atom. The van der Waals surface area contributed by atoms with E-state index in [-0.39, 0.29) is 5.91 Å². The van der Waals surface area contributed by atoms with Crippen molar-refractivity contribution >= 4 is 22.9 Å². The Morgan fingerprint density at radius 2 is 1.75 bits per heavy atom. The summed E-state index contributed by atoms with van der Waals surface area (Å²) in [6, 6.07) is 26.1. The first-order valence-electron chi connectivity index (χ1n) is 8.67. The summed E-state index contributed by atoms with van der Waals surface area (Å²) in [6.07, 6.45) is 1.43. The van der Waals surface area contributed by atoms with Crippen LogP contribution in [0.1, 0.15) is 21.7 Å². The Hall–Kier alpha value is -4.17. The van der Waals surface area contributed by atoms with Crippen molar-refractivity contribution in [2.24, 2.45) is 5.10 Å². The topological polar surface area (TPSA) is 78.4 Å². The molecule has 0 saturated carbocycles. The number of amides is 1. The predicted molar refractivity (Wildman–Crippen MR) is 108 cm³/mol. The zero-order valence-corrected chi connectivity index (χ0v) is 14.8. The number of nitriles is 1. The van der Waals surface area contributed by atoms with E-state index in [0.29, 0.717) is 28.2 Å². The lowest BCUT2D eigenvalue weighted by molar-refractivity contribution is 0.0957. The molecule has 0 aliphatic carbocycles. The van der Waals surface area contributed by atoms with Gasteiger partial charge >= 0.3 is 0 Å². The number of hydrogen-bond acceptors (Lipinski definition) is 4. The first kappa shape index (κ1) is 17.3. The molecule has 4 rings (SSSR count). The molecule has 5 nitrogen and oxygen atoms in total. The first-order chi connectivity index (χ1) is 13.8. The number of hydrazone groups is 1. The summed E-state index contributed by atoms with van der Waals surface area (Å²) in [7, 11) is 0. The van der Waals surface area contributed by atoms with Crippen molar-refractivity contribution in [2.75, 3.05) is 0 Å². The molecule has 0 unspecified atom stereocenters. The van der Waals surface area contributed by atoms with Crippen molar-refractivity contribution in [1.29, 1.82) is 5.26 Å². The first-order valence-corrected chi connectivity index (χ1v) is 8.67. The molecule has 0 spiro atoms. The summed E-state index contributed by atoms with van der Waals surface area (Å²) >= 11 is 0. The third-order valence-corrected chi connectivity index (χ3v) is 4.33. The van der Waals surface area contributed by atoms with Gasteiger partial charge in [0.25, 0.3) is 5.91 Å². The number of benzene rings is 3. The molecule has 0 aliphatic heterocycles. The number of fused-ring (bicyclic) bond motifs is 1.